The molecule has 1 saturated heterocycles. The Hall–Kier alpha value is -3.13. The molecule has 0 spiro atoms. The Balaban J connectivity index is 1.21. The Morgan fingerprint density at radius 3 is 2.42 bits per heavy atom. The summed E-state index contributed by atoms with van der Waals surface area (Å²) in [5.41, 5.74) is 4.56. The Morgan fingerprint density at radius 1 is 1.05 bits per heavy atom. The lowest BCUT2D eigenvalue weighted by Gasteiger charge is -2.30. The first kappa shape index (κ1) is 26.5. The third-order valence-corrected chi connectivity index (χ3v) is 8.72. The van der Waals surface area contributed by atoms with Crippen LogP contribution in [-0.2, 0) is 4.79 Å². The molecule has 0 radical (unpaired) electrons. The zero-order valence-corrected chi connectivity index (χ0v) is 22.8. The maximum atomic E-state index is 13.4. The summed E-state index contributed by atoms with van der Waals surface area (Å²) in [5.74, 6) is 1.99. The molecule has 1 aromatic heterocycles. The summed E-state index contributed by atoms with van der Waals surface area (Å²) in [6.07, 6.45) is 4.24. The predicted octanol–water partition coefficient (Wildman–Crippen LogP) is 5.28. The first-order chi connectivity index (χ1) is 18.4. The molecule has 8 heteroatoms. The number of rotatable bonds is 9. The van der Waals surface area contributed by atoms with Crippen LogP contribution < -0.4 is 5.32 Å². The van der Waals surface area contributed by atoms with E-state index < -0.39 is 6.04 Å². The number of hydrogen-bond donors (Lipinski definition) is 1. The van der Waals surface area contributed by atoms with E-state index in [1.807, 2.05) is 53.8 Å². The van der Waals surface area contributed by atoms with Crippen molar-refractivity contribution in [2.45, 2.75) is 51.5 Å². The van der Waals surface area contributed by atoms with Gasteiger partial charge in [-0.25, -0.2) is 9.07 Å². The van der Waals surface area contributed by atoms with E-state index in [4.69, 9.17) is 0 Å². The number of aryl methyl sites for hydroxylation is 2. The van der Waals surface area contributed by atoms with Crippen molar-refractivity contribution in [1.29, 1.82) is 0 Å². The van der Waals surface area contributed by atoms with E-state index in [9.17, 15) is 14.0 Å². The number of nitrogens with one attached hydrogen (secondary N) is 1. The second kappa shape index (κ2) is 11.7. The van der Waals surface area contributed by atoms with Crippen molar-refractivity contribution in [2.75, 3.05) is 24.6 Å². The molecular formula is C30H35FN4O2S. The normalized spacial score (nSPS) is 19.7. The van der Waals surface area contributed by atoms with E-state index in [-0.39, 0.29) is 17.6 Å². The van der Waals surface area contributed by atoms with E-state index in [0.717, 1.165) is 61.6 Å². The zero-order chi connectivity index (χ0) is 26.6. The Bertz CT molecular complexity index is 1270. The number of likely N-dealkylation sites (tertiary alicyclic amines) is 1. The first-order valence-electron chi connectivity index (χ1n) is 13.5. The van der Waals surface area contributed by atoms with E-state index in [1.54, 1.807) is 23.9 Å². The maximum Gasteiger partial charge on any atom is 0.251 e. The highest BCUT2D eigenvalue weighted by atomic mass is 32.2. The number of benzene rings is 2. The molecule has 0 unspecified atom stereocenters. The number of halogens is 1. The molecule has 2 aliphatic rings. The van der Waals surface area contributed by atoms with Gasteiger partial charge in [0.25, 0.3) is 5.91 Å². The Labute approximate surface area is 228 Å². The second-order valence-electron chi connectivity index (χ2n) is 10.5. The van der Waals surface area contributed by atoms with Crippen LogP contribution in [0.3, 0.4) is 0 Å². The molecule has 2 amide bonds. The fourth-order valence-corrected chi connectivity index (χ4v) is 6.55. The van der Waals surface area contributed by atoms with Crippen LogP contribution in [0.4, 0.5) is 4.39 Å². The summed E-state index contributed by atoms with van der Waals surface area (Å²) in [7, 11) is 0. The van der Waals surface area contributed by atoms with Crippen LogP contribution >= 0.6 is 11.8 Å². The largest absolute Gasteiger partial charge is 0.341 e. The number of aromatic nitrogens is 2. The zero-order valence-electron chi connectivity index (χ0n) is 22.0. The molecule has 5 rings (SSSR count). The van der Waals surface area contributed by atoms with Crippen molar-refractivity contribution in [3.8, 4) is 5.69 Å². The van der Waals surface area contributed by atoms with E-state index in [2.05, 4.69) is 10.4 Å². The predicted molar refractivity (Wildman–Crippen MR) is 149 cm³/mol. The summed E-state index contributed by atoms with van der Waals surface area (Å²) in [6, 6.07) is 15.6. The highest BCUT2D eigenvalue weighted by Gasteiger charge is 2.38. The van der Waals surface area contributed by atoms with Crippen molar-refractivity contribution in [3.05, 3.63) is 82.9 Å². The molecule has 38 heavy (non-hydrogen) atoms. The SMILES string of the molecule is Cc1cc(C)n(-c2ccc(C(=O)N[C@@H](CSC[C@@H]3C[C@H]3c3ccc(F)cc3)C(=O)N3CCCCC3)cc2)n1. The van der Waals surface area contributed by atoms with Crippen LogP contribution in [0.2, 0.25) is 0 Å². The number of hydrogen-bond acceptors (Lipinski definition) is 4. The van der Waals surface area contributed by atoms with Gasteiger partial charge in [0.2, 0.25) is 5.91 Å². The summed E-state index contributed by atoms with van der Waals surface area (Å²) in [6.45, 7) is 5.46. The summed E-state index contributed by atoms with van der Waals surface area (Å²) in [4.78, 5) is 28.5. The standard InChI is InChI=1S/C30H35FN4O2S/c1-20-16-21(2)35(33-20)26-12-8-23(9-13-26)29(36)32-28(30(37)34-14-4-3-5-15-34)19-38-18-24-17-27(24)22-6-10-25(31)11-7-22/h6-13,16,24,27-28H,3-5,14-15,17-19H2,1-2H3,(H,32,36)/t24-,27-,28-/m0/s1. The van der Waals surface area contributed by atoms with Gasteiger partial charge in [0.1, 0.15) is 11.9 Å². The highest BCUT2D eigenvalue weighted by molar-refractivity contribution is 7.99. The number of carbonyl (C=O) groups excluding carboxylic acids is 2. The van der Waals surface area contributed by atoms with E-state index in [1.165, 1.54) is 17.7 Å². The third kappa shape index (κ3) is 6.29. The lowest BCUT2D eigenvalue weighted by molar-refractivity contribution is -0.133. The number of carbonyl (C=O) groups is 2. The topological polar surface area (TPSA) is 67.2 Å². The second-order valence-corrected chi connectivity index (χ2v) is 11.6. The van der Waals surface area contributed by atoms with Crippen molar-refractivity contribution in [1.82, 2.24) is 20.0 Å². The third-order valence-electron chi connectivity index (χ3n) is 7.49. The minimum atomic E-state index is -0.565. The molecule has 3 aromatic rings. The van der Waals surface area contributed by atoms with Crippen molar-refractivity contribution in [2.24, 2.45) is 5.92 Å². The van der Waals surface area contributed by atoms with Gasteiger partial charge in [0, 0.05) is 30.1 Å². The molecular weight excluding hydrogens is 499 g/mol. The number of amides is 2. The van der Waals surface area contributed by atoms with Gasteiger partial charge in [0.05, 0.1) is 11.4 Å². The Kier molecular flexibility index (Phi) is 8.17. The van der Waals surface area contributed by atoms with Gasteiger partial charge in [0.15, 0.2) is 0 Å². The molecule has 1 aliphatic heterocycles. The molecule has 3 atom stereocenters. The van der Waals surface area contributed by atoms with Gasteiger partial charge >= 0.3 is 0 Å². The number of thioether (sulfide) groups is 1. The van der Waals surface area contributed by atoms with Crippen LogP contribution in [0.15, 0.2) is 54.6 Å². The van der Waals surface area contributed by atoms with E-state index >= 15 is 0 Å². The molecule has 2 fully saturated rings. The first-order valence-corrected chi connectivity index (χ1v) is 14.6. The number of piperidine rings is 1. The average Bonchev–Trinajstić information content (AvgIpc) is 3.62. The molecule has 1 saturated carbocycles. The van der Waals surface area contributed by atoms with Gasteiger partial charge in [-0.1, -0.05) is 12.1 Å². The highest BCUT2D eigenvalue weighted by Crippen LogP contribution is 2.49. The summed E-state index contributed by atoms with van der Waals surface area (Å²) < 4.78 is 15.1. The minimum absolute atomic E-state index is 0.00990. The van der Waals surface area contributed by atoms with E-state index in [0.29, 0.717) is 23.2 Å². The summed E-state index contributed by atoms with van der Waals surface area (Å²) >= 11 is 1.72. The van der Waals surface area contributed by atoms with Crippen molar-refractivity contribution < 1.29 is 14.0 Å². The van der Waals surface area contributed by atoms with Crippen molar-refractivity contribution >= 4 is 23.6 Å². The van der Waals surface area contributed by atoms with Gasteiger partial charge in [-0.3, -0.25) is 9.59 Å². The lowest BCUT2D eigenvalue weighted by atomic mass is 10.1. The molecule has 6 nitrogen and oxygen atoms in total. The Morgan fingerprint density at radius 2 is 1.76 bits per heavy atom. The molecule has 200 valence electrons. The van der Waals surface area contributed by atoms with Gasteiger partial charge in [-0.15, -0.1) is 0 Å². The van der Waals surface area contributed by atoms with Crippen LogP contribution in [0.25, 0.3) is 5.69 Å². The van der Waals surface area contributed by atoms with Gasteiger partial charge < -0.3 is 10.2 Å². The van der Waals surface area contributed by atoms with Crippen LogP contribution in [0, 0.1) is 25.6 Å². The maximum absolute atomic E-state index is 13.4. The monoisotopic (exact) mass is 534 g/mol. The molecule has 2 aromatic carbocycles. The van der Waals surface area contributed by atoms with Crippen LogP contribution in [0.1, 0.15) is 58.9 Å². The summed E-state index contributed by atoms with van der Waals surface area (Å²) in [5, 5.41) is 7.54. The molecule has 1 N–H and O–H groups in total. The van der Waals surface area contributed by atoms with Gasteiger partial charge in [-0.2, -0.15) is 16.9 Å². The molecule has 1 aliphatic carbocycles. The smallest absolute Gasteiger partial charge is 0.251 e. The minimum Gasteiger partial charge on any atom is -0.341 e. The van der Waals surface area contributed by atoms with Crippen molar-refractivity contribution in [3.63, 3.8) is 0 Å². The fourth-order valence-electron chi connectivity index (χ4n) is 5.28. The average molecular weight is 535 g/mol. The molecule has 2 heterocycles. The fraction of sp³-hybridized carbons (Fsp3) is 0.433. The number of nitrogens with zero attached hydrogens (tertiary/aromatic N) is 3. The lowest BCUT2D eigenvalue weighted by Crippen LogP contribution is -2.51. The van der Waals surface area contributed by atoms with Crippen LogP contribution in [-0.4, -0.2) is 57.1 Å². The quantitative estimate of drug-likeness (QED) is 0.406. The molecule has 0 bridgehead atoms. The van der Waals surface area contributed by atoms with Crippen LogP contribution in [0.5, 0.6) is 0 Å². The van der Waals surface area contributed by atoms with Gasteiger partial charge in [-0.05, 0) is 105 Å².